The highest BCUT2D eigenvalue weighted by Gasteiger charge is 2.42. The van der Waals surface area contributed by atoms with Gasteiger partial charge in [-0.3, -0.25) is 4.79 Å². The van der Waals surface area contributed by atoms with Gasteiger partial charge in [-0.25, -0.2) is 0 Å². The highest BCUT2D eigenvalue weighted by atomic mass is 16.5. The summed E-state index contributed by atoms with van der Waals surface area (Å²) in [6, 6.07) is 28.9. The molecule has 0 aliphatic heterocycles. The van der Waals surface area contributed by atoms with Crippen LogP contribution in [0, 0.1) is 0 Å². The number of primary amides is 1. The highest BCUT2D eigenvalue weighted by Crippen LogP contribution is 2.41. The Morgan fingerprint density at radius 2 is 1.15 bits per heavy atom. The van der Waals surface area contributed by atoms with Crippen LogP contribution in [0.1, 0.15) is 23.6 Å². The molecule has 0 aromatic heterocycles. The Morgan fingerprint density at radius 3 is 1.41 bits per heavy atom. The molecular formula is C23H23NO3. The van der Waals surface area contributed by atoms with Crippen LogP contribution in [0.5, 0.6) is 0 Å². The number of ether oxygens (including phenoxy) is 1. The first-order chi connectivity index (χ1) is 13.1. The van der Waals surface area contributed by atoms with Gasteiger partial charge in [0, 0.05) is 0 Å². The summed E-state index contributed by atoms with van der Waals surface area (Å²) in [5, 5.41) is 10.2. The Labute approximate surface area is 159 Å². The van der Waals surface area contributed by atoms with Crippen molar-refractivity contribution < 1.29 is 14.6 Å². The predicted octanol–water partition coefficient (Wildman–Crippen LogP) is 3.23. The number of nitrogens with two attached hydrogens (primary N) is 1. The van der Waals surface area contributed by atoms with Crippen molar-refractivity contribution in [3.05, 3.63) is 108 Å². The number of aliphatic hydroxyl groups is 1. The summed E-state index contributed by atoms with van der Waals surface area (Å²) in [4.78, 5) is 12.0. The fourth-order valence-corrected chi connectivity index (χ4v) is 3.31. The van der Waals surface area contributed by atoms with Crippen molar-refractivity contribution in [1.82, 2.24) is 0 Å². The van der Waals surface area contributed by atoms with Crippen molar-refractivity contribution in [1.29, 1.82) is 0 Å². The normalized spacial score (nSPS) is 13.7. The van der Waals surface area contributed by atoms with Crippen LogP contribution in [0.25, 0.3) is 0 Å². The monoisotopic (exact) mass is 361 g/mol. The van der Waals surface area contributed by atoms with Crippen LogP contribution in [-0.2, 0) is 15.1 Å². The molecule has 1 amide bonds. The molecule has 0 radical (unpaired) electrons. The third-order valence-electron chi connectivity index (χ3n) is 4.56. The van der Waals surface area contributed by atoms with Crippen molar-refractivity contribution in [2.45, 2.75) is 24.7 Å². The second kappa shape index (κ2) is 8.16. The highest BCUT2D eigenvalue weighted by molar-refractivity contribution is 5.79. The van der Waals surface area contributed by atoms with Gasteiger partial charge < -0.3 is 15.6 Å². The minimum atomic E-state index is -1.18. The van der Waals surface area contributed by atoms with Crippen LogP contribution in [0.4, 0.5) is 0 Å². The zero-order chi connectivity index (χ0) is 19.3. The molecule has 3 aromatic rings. The van der Waals surface area contributed by atoms with Gasteiger partial charge in [-0.05, 0) is 23.6 Å². The number of hydrogen-bond donors (Lipinski definition) is 2. The van der Waals surface area contributed by atoms with Gasteiger partial charge in [-0.15, -0.1) is 0 Å². The first-order valence-corrected chi connectivity index (χ1v) is 8.87. The van der Waals surface area contributed by atoms with E-state index >= 15 is 0 Å². The largest absolute Gasteiger partial charge is 0.390 e. The molecule has 0 fully saturated rings. The maximum Gasteiger partial charge on any atom is 0.249 e. The van der Waals surface area contributed by atoms with E-state index in [1.165, 1.54) is 6.92 Å². The fraction of sp³-hybridized carbons (Fsp3) is 0.174. The van der Waals surface area contributed by atoms with E-state index in [9.17, 15) is 9.90 Å². The molecule has 4 heteroatoms. The van der Waals surface area contributed by atoms with Crippen LogP contribution < -0.4 is 5.73 Å². The number of aliphatic hydroxyl groups excluding tert-OH is 1. The number of carbonyl (C=O) groups is 1. The smallest absolute Gasteiger partial charge is 0.249 e. The van der Waals surface area contributed by atoms with Gasteiger partial charge in [-0.1, -0.05) is 91.0 Å². The molecule has 27 heavy (non-hydrogen) atoms. The lowest BCUT2D eigenvalue weighted by Gasteiger charge is -2.38. The molecular weight excluding hydrogens is 338 g/mol. The number of carbonyl (C=O) groups excluding carboxylic acids is 1. The molecule has 0 saturated carbocycles. The molecule has 4 nitrogen and oxygen atoms in total. The number of rotatable bonds is 7. The summed E-state index contributed by atoms with van der Waals surface area (Å²) in [5.74, 6) is -0.711. The van der Waals surface area contributed by atoms with E-state index in [0.717, 1.165) is 16.7 Å². The quantitative estimate of drug-likeness (QED) is 0.635. The molecule has 3 aromatic carbocycles. The van der Waals surface area contributed by atoms with Crippen LogP contribution in [0.2, 0.25) is 0 Å². The van der Waals surface area contributed by atoms with Crippen molar-refractivity contribution >= 4 is 5.91 Å². The third-order valence-corrected chi connectivity index (χ3v) is 4.56. The number of amides is 1. The Hall–Kier alpha value is -2.95. The molecule has 3 N–H and O–H groups in total. The van der Waals surface area contributed by atoms with E-state index < -0.39 is 23.7 Å². The average molecular weight is 361 g/mol. The first kappa shape index (κ1) is 18.8. The van der Waals surface area contributed by atoms with E-state index in [1.54, 1.807) is 0 Å². The van der Waals surface area contributed by atoms with E-state index in [1.807, 2.05) is 91.0 Å². The SMILES string of the molecule is CC(O)C(OC(c1ccccc1)(c1ccccc1)c1ccccc1)C(N)=O. The summed E-state index contributed by atoms with van der Waals surface area (Å²) >= 11 is 0. The van der Waals surface area contributed by atoms with Gasteiger partial charge in [0.05, 0.1) is 6.10 Å². The van der Waals surface area contributed by atoms with E-state index in [4.69, 9.17) is 10.5 Å². The standard InChI is InChI=1S/C23H23NO3/c1-17(25)21(22(24)26)27-23(18-11-5-2-6-12-18,19-13-7-3-8-14-19)20-15-9-4-10-16-20/h2-17,21,25H,1H3,(H2,24,26). The minimum absolute atomic E-state index is 0.711. The molecule has 0 aliphatic carbocycles. The molecule has 0 heterocycles. The summed E-state index contributed by atoms with van der Waals surface area (Å²) in [6.07, 6.45) is -2.23. The summed E-state index contributed by atoms with van der Waals surface area (Å²) in [7, 11) is 0. The van der Waals surface area contributed by atoms with Crippen LogP contribution in [-0.4, -0.2) is 23.2 Å². The van der Waals surface area contributed by atoms with Crippen LogP contribution >= 0.6 is 0 Å². The van der Waals surface area contributed by atoms with Crippen LogP contribution in [0.3, 0.4) is 0 Å². The molecule has 0 aliphatic rings. The molecule has 0 saturated heterocycles. The van der Waals surface area contributed by atoms with Gasteiger partial charge >= 0.3 is 0 Å². The minimum Gasteiger partial charge on any atom is -0.390 e. The van der Waals surface area contributed by atoms with Gasteiger partial charge in [0.15, 0.2) is 6.10 Å². The topological polar surface area (TPSA) is 72.6 Å². The maximum absolute atomic E-state index is 12.0. The average Bonchev–Trinajstić information content (AvgIpc) is 2.70. The predicted molar refractivity (Wildman–Crippen MR) is 105 cm³/mol. The molecule has 3 rings (SSSR count). The zero-order valence-electron chi connectivity index (χ0n) is 15.2. The van der Waals surface area contributed by atoms with Crippen molar-refractivity contribution in [3.63, 3.8) is 0 Å². The molecule has 0 bridgehead atoms. The lowest BCUT2D eigenvalue weighted by molar-refractivity contribution is -0.148. The Bertz CT molecular complexity index is 767. The van der Waals surface area contributed by atoms with Gasteiger partial charge in [-0.2, -0.15) is 0 Å². The Balaban J connectivity index is 2.30. The lowest BCUT2D eigenvalue weighted by atomic mass is 9.79. The Morgan fingerprint density at radius 1 is 0.815 bits per heavy atom. The second-order valence-electron chi connectivity index (χ2n) is 6.46. The maximum atomic E-state index is 12.0. The molecule has 2 unspecified atom stereocenters. The fourth-order valence-electron chi connectivity index (χ4n) is 3.31. The summed E-state index contributed by atoms with van der Waals surface area (Å²) in [6.45, 7) is 1.50. The van der Waals surface area contributed by atoms with E-state index in [2.05, 4.69) is 0 Å². The summed E-state index contributed by atoms with van der Waals surface area (Å²) in [5.41, 5.74) is 6.98. The second-order valence-corrected chi connectivity index (χ2v) is 6.46. The first-order valence-electron chi connectivity index (χ1n) is 8.87. The number of hydrogen-bond acceptors (Lipinski definition) is 3. The molecule has 138 valence electrons. The van der Waals surface area contributed by atoms with Crippen LogP contribution in [0.15, 0.2) is 91.0 Å². The van der Waals surface area contributed by atoms with Crippen molar-refractivity contribution in [2.75, 3.05) is 0 Å². The summed E-state index contributed by atoms with van der Waals surface area (Å²) < 4.78 is 6.39. The van der Waals surface area contributed by atoms with Crippen molar-refractivity contribution in [3.8, 4) is 0 Å². The zero-order valence-corrected chi connectivity index (χ0v) is 15.2. The van der Waals surface area contributed by atoms with Gasteiger partial charge in [0.25, 0.3) is 0 Å². The molecule has 2 atom stereocenters. The van der Waals surface area contributed by atoms with Gasteiger partial charge in [0.2, 0.25) is 5.91 Å². The number of benzene rings is 3. The lowest BCUT2D eigenvalue weighted by Crippen LogP contribution is -2.47. The Kier molecular flexibility index (Phi) is 5.69. The van der Waals surface area contributed by atoms with Gasteiger partial charge in [0.1, 0.15) is 5.60 Å². The molecule has 0 spiro atoms. The van der Waals surface area contributed by atoms with E-state index in [-0.39, 0.29) is 0 Å². The third kappa shape index (κ3) is 3.77. The van der Waals surface area contributed by atoms with E-state index in [0.29, 0.717) is 0 Å². The van der Waals surface area contributed by atoms with Crippen molar-refractivity contribution in [2.24, 2.45) is 5.73 Å².